The molecule has 132 valence electrons. The van der Waals surface area contributed by atoms with Gasteiger partial charge in [-0.15, -0.1) is 0 Å². The van der Waals surface area contributed by atoms with E-state index in [2.05, 4.69) is 48.7 Å². The summed E-state index contributed by atoms with van der Waals surface area (Å²) in [6.45, 7) is 4.64. The third-order valence-corrected chi connectivity index (χ3v) is 4.81. The Hall–Kier alpha value is -2.33. The largest absolute Gasteiger partial charge is 0.445 e. The van der Waals surface area contributed by atoms with Crippen LogP contribution in [0, 0.1) is 6.92 Å². The highest BCUT2D eigenvalue weighted by Crippen LogP contribution is 2.25. The first-order valence-corrected chi connectivity index (χ1v) is 8.90. The lowest BCUT2D eigenvalue weighted by Crippen LogP contribution is -2.52. The van der Waals surface area contributed by atoms with E-state index in [9.17, 15) is 4.79 Å². The lowest BCUT2D eigenvalue weighted by atomic mass is 9.85. The fourth-order valence-electron chi connectivity index (χ4n) is 3.32. The molecule has 0 aliphatic heterocycles. The third kappa shape index (κ3) is 4.83. The monoisotopic (exact) mass is 338 g/mol. The SMILES string of the molecule is Cc1ccccc1C(C)NC1CC(NC(=O)OCc2ccccc2)C1. The van der Waals surface area contributed by atoms with Crippen molar-refractivity contribution in [2.24, 2.45) is 0 Å². The van der Waals surface area contributed by atoms with Gasteiger partial charge in [-0.3, -0.25) is 0 Å². The maximum absolute atomic E-state index is 11.9. The van der Waals surface area contributed by atoms with Crippen LogP contribution in [0.5, 0.6) is 0 Å². The van der Waals surface area contributed by atoms with Gasteiger partial charge in [-0.2, -0.15) is 0 Å². The van der Waals surface area contributed by atoms with Gasteiger partial charge in [0.25, 0.3) is 0 Å². The van der Waals surface area contributed by atoms with Crippen LogP contribution in [0.1, 0.15) is 42.5 Å². The minimum atomic E-state index is -0.334. The molecule has 4 nitrogen and oxygen atoms in total. The predicted molar refractivity (Wildman–Crippen MR) is 99.3 cm³/mol. The van der Waals surface area contributed by atoms with Crippen molar-refractivity contribution in [1.29, 1.82) is 0 Å². The van der Waals surface area contributed by atoms with Crippen molar-refractivity contribution in [3.8, 4) is 0 Å². The summed E-state index contributed by atoms with van der Waals surface area (Å²) in [6.07, 6.45) is 1.55. The summed E-state index contributed by atoms with van der Waals surface area (Å²) in [5.41, 5.74) is 3.64. The van der Waals surface area contributed by atoms with Crippen molar-refractivity contribution >= 4 is 6.09 Å². The topological polar surface area (TPSA) is 50.4 Å². The summed E-state index contributed by atoms with van der Waals surface area (Å²) >= 11 is 0. The Morgan fingerprint density at radius 1 is 1.08 bits per heavy atom. The van der Waals surface area contributed by atoms with E-state index in [1.165, 1.54) is 11.1 Å². The average molecular weight is 338 g/mol. The normalized spacial score (nSPS) is 20.4. The Morgan fingerprint density at radius 2 is 1.76 bits per heavy atom. The molecular formula is C21H26N2O2. The van der Waals surface area contributed by atoms with Crippen molar-refractivity contribution in [3.05, 3.63) is 71.3 Å². The lowest BCUT2D eigenvalue weighted by Gasteiger charge is -2.38. The number of hydrogen-bond acceptors (Lipinski definition) is 3. The van der Waals surface area contributed by atoms with Gasteiger partial charge in [0.05, 0.1) is 0 Å². The molecular weight excluding hydrogens is 312 g/mol. The number of hydrogen-bond donors (Lipinski definition) is 2. The standard InChI is InChI=1S/C21H26N2O2/c1-15-8-6-7-11-20(15)16(2)22-18-12-19(13-18)23-21(24)25-14-17-9-4-3-5-10-17/h3-11,16,18-19,22H,12-14H2,1-2H3,(H,23,24). The van der Waals surface area contributed by atoms with Crippen LogP contribution in [0.4, 0.5) is 4.79 Å². The zero-order chi connectivity index (χ0) is 17.6. The van der Waals surface area contributed by atoms with Crippen molar-refractivity contribution in [1.82, 2.24) is 10.6 Å². The molecule has 3 rings (SSSR count). The Morgan fingerprint density at radius 3 is 2.48 bits per heavy atom. The molecule has 1 amide bonds. The summed E-state index contributed by atoms with van der Waals surface area (Å²) in [7, 11) is 0. The molecule has 1 atom stereocenters. The predicted octanol–water partition coefficient (Wildman–Crippen LogP) is 4.10. The number of alkyl carbamates (subject to hydrolysis) is 1. The van der Waals surface area contributed by atoms with E-state index in [0.29, 0.717) is 18.7 Å². The number of rotatable bonds is 6. The van der Waals surface area contributed by atoms with Gasteiger partial charge in [-0.25, -0.2) is 4.79 Å². The number of amides is 1. The van der Waals surface area contributed by atoms with Crippen molar-refractivity contribution in [2.75, 3.05) is 0 Å². The molecule has 2 N–H and O–H groups in total. The summed E-state index contributed by atoms with van der Waals surface area (Å²) in [4.78, 5) is 11.9. The molecule has 0 heterocycles. The Kier molecular flexibility index (Phi) is 5.71. The molecule has 0 aromatic heterocycles. The molecule has 0 radical (unpaired) electrons. The van der Waals surface area contributed by atoms with E-state index in [1.807, 2.05) is 30.3 Å². The zero-order valence-electron chi connectivity index (χ0n) is 14.9. The lowest BCUT2D eigenvalue weighted by molar-refractivity contribution is 0.124. The van der Waals surface area contributed by atoms with Crippen LogP contribution in [0.2, 0.25) is 0 Å². The number of carbonyl (C=O) groups is 1. The van der Waals surface area contributed by atoms with Gasteiger partial charge in [0, 0.05) is 18.1 Å². The van der Waals surface area contributed by atoms with Gasteiger partial charge >= 0.3 is 6.09 Å². The maximum Gasteiger partial charge on any atom is 0.407 e. The van der Waals surface area contributed by atoms with Gasteiger partial charge in [-0.05, 0) is 43.4 Å². The molecule has 0 spiro atoms. The first-order valence-electron chi connectivity index (χ1n) is 8.90. The number of nitrogens with one attached hydrogen (secondary N) is 2. The van der Waals surface area contributed by atoms with Gasteiger partial charge in [0.1, 0.15) is 6.61 Å². The van der Waals surface area contributed by atoms with Gasteiger partial charge in [0.2, 0.25) is 0 Å². The van der Waals surface area contributed by atoms with Crippen LogP contribution < -0.4 is 10.6 Å². The van der Waals surface area contributed by atoms with E-state index in [-0.39, 0.29) is 12.1 Å². The summed E-state index contributed by atoms with van der Waals surface area (Å²) in [6, 6.07) is 19.1. The second kappa shape index (κ2) is 8.17. The Balaban J connectivity index is 1.36. The van der Waals surface area contributed by atoms with E-state index in [4.69, 9.17) is 4.74 Å². The molecule has 1 aliphatic carbocycles. The molecule has 4 heteroatoms. The molecule has 1 aliphatic rings. The van der Waals surface area contributed by atoms with Gasteiger partial charge < -0.3 is 15.4 Å². The fourth-order valence-corrected chi connectivity index (χ4v) is 3.32. The number of ether oxygens (including phenoxy) is 1. The molecule has 2 aromatic rings. The van der Waals surface area contributed by atoms with Crippen molar-refractivity contribution < 1.29 is 9.53 Å². The smallest absolute Gasteiger partial charge is 0.407 e. The molecule has 1 fully saturated rings. The van der Waals surface area contributed by atoms with Crippen LogP contribution in [0.25, 0.3) is 0 Å². The molecule has 0 saturated heterocycles. The quantitative estimate of drug-likeness (QED) is 0.833. The number of aryl methyl sites for hydroxylation is 1. The first-order chi connectivity index (χ1) is 12.1. The van der Waals surface area contributed by atoms with E-state index in [1.54, 1.807) is 0 Å². The van der Waals surface area contributed by atoms with Crippen LogP contribution in [-0.4, -0.2) is 18.2 Å². The molecule has 0 bridgehead atoms. The Bertz CT molecular complexity index is 696. The molecule has 25 heavy (non-hydrogen) atoms. The minimum Gasteiger partial charge on any atom is -0.445 e. The van der Waals surface area contributed by atoms with Crippen LogP contribution in [0.3, 0.4) is 0 Å². The Labute approximate surface area is 149 Å². The number of benzene rings is 2. The van der Waals surface area contributed by atoms with Gasteiger partial charge in [-0.1, -0.05) is 54.6 Å². The average Bonchev–Trinajstić information content (AvgIpc) is 2.59. The summed E-state index contributed by atoms with van der Waals surface area (Å²) < 4.78 is 5.27. The highest BCUT2D eigenvalue weighted by Gasteiger charge is 2.31. The molecule has 1 saturated carbocycles. The van der Waals surface area contributed by atoms with Crippen LogP contribution >= 0.6 is 0 Å². The van der Waals surface area contributed by atoms with Crippen molar-refractivity contribution in [3.63, 3.8) is 0 Å². The van der Waals surface area contributed by atoms with Crippen molar-refractivity contribution in [2.45, 2.75) is 51.4 Å². The van der Waals surface area contributed by atoms with E-state index in [0.717, 1.165) is 18.4 Å². The van der Waals surface area contributed by atoms with E-state index < -0.39 is 0 Å². The zero-order valence-corrected chi connectivity index (χ0v) is 14.9. The second-order valence-electron chi connectivity index (χ2n) is 6.82. The minimum absolute atomic E-state index is 0.199. The molecule has 2 aromatic carbocycles. The summed E-state index contributed by atoms with van der Waals surface area (Å²) in [5, 5.41) is 6.58. The maximum atomic E-state index is 11.9. The van der Waals surface area contributed by atoms with Crippen LogP contribution in [-0.2, 0) is 11.3 Å². The second-order valence-corrected chi connectivity index (χ2v) is 6.82. The fraction of sp³-hybridized carbons (Fsp3) is 0.381. The van der Waals surface area contributed by atoms with Crippen LogP contribution in [0.15, 0.2) is 54.6 Å². The molecule has 1 unspecified atom stereocenters. The number of carbonyl (C=O) groups excluding carboxylic acids is 1. The van der Waals surface area contributed by atoms with E-state index >= 15 is 0 Å². The summed E-state index contributed by atoms with van der Waals surface area (Å²) in [5.74, 6) is 0. The highest BCUT2D eigenvalue weighted by molar-refractivity contribution is 5.67. The highest BCUT2D eigenvalue weighted by atomic mass is 16.5. The van der Waals surface area contributed by atoms with Gasteiger partial charge in [0.15, 0.2) is 0 Å². The third-order valence-electron chi connectivity index (χ3n) is 4.81. The first kappa shape index (κ1) is 17.5.